The minimum absolute atomic E-state index is 0.0645. The second-order valence-corrected chi connectivity index (χ2v) is 9.59. The number of hydrogen-bond donors (Lipinski definition) is 3. The number of thioether (sulfide) groups is 1. The third-order valence-corrected chi connectivity index (χ3v) is 6.63. The Bertz CT molecular complexity index is 1010. The molecule has 0 aliphatic rings. The second-order valence-electron chi connectivity index (χ2n) is 6.76. The second kappa shape index (κ2) is 10.1. The molecule has 0 radical (unpaired) electrons. The number of hydrogen-bond acceptors (Lipinski definition) is 6. The number of rotatable bonds is 10. The molecule has 0 aliphatic carbocycles. The van der Waals surface area contributed by atoms with Gasteiger partial charge in [-0.25, -0.2) is 12.8 Å². The third-order valence-electron chi connectivity index (χ3n) is 4.52. The molecule has 0 heterocycles. The van der Waals surface area contributed by atoms with Gasteiger partial charge < -0.3 is 11.1 Å². The Morgan fingerprint density at radius 1 is 1.27 bits per heavy atom. The van der Waals surface area contributed by atoms with Crippen molar-refractivity contribution in [3.63, 3.8) is 0 Å². The number of carbonyl (C=O) groups excluding carboxylic acids is 1. The van der Waals surface area contributed by atoms with Crippen LogP contribution in [0.1, 0.15) is 25.8 Å². The molecule has 162 valence electrons. The minimum atomic E-state index is -4.04. The topological polar surface area (TPSA) is 114 Å². The van der Waals surface area contributed by atoms with E-state index in [-0.39, 0.29) is 16.5 Å². The van der Waals surface area contributed by atoms with Gasteiger partial charge in [0.05, 0.1) is 16.1 Å². The molecule has 0 saturated heterocycles. The first kappa shape index (κ1) is 23.8. The molecule has 0 bridgehead atoms. The maximum absolute atomic E-state index is 14.4. The van der Waals surface area contributed by atoms with E-state index in [9.17, 15) is 17.6 Å². The molecule has 0 saturated carbocycles. The number of sulfonamides is 1. The molecule has 10 heteroatoms. The van der Waals surface area contributed by atoms with Crippen LogP contribution >= 0.6 is 11.8 Å². The van der Waals surface area contributed by atoms with Crippen molar-refractivity contribution in [1.82, 2.24) is 0 Å². The minimum Gasteiger partial charge on any atom is -0.326 e. The van der Waals surface area contributed by atoms with Crippen molar-refractivity contribution in [2.24, 2.45) is 10.7 Å². The first-order valence-corrected chi connectivity index (χ1v) is 11.7. The van der Waals surface area contributed by atoms with Crippen LogP contribution in [0, 0.1) is 5.82 Å². The molecule has 1 atom stereocenters. The molecule has 30 heavy (non-hydrogen) atoms. The summed E-state index contributed by atoms with van der Waals surface area (Å²) in [6, 6.07) is 9.76. The maximum Gasteiger partial charge on any atom is 0.261 e. The van der Waals surface area contributed by atoms with E-state index in [1.807, 2.05) is 6.92 Å². The van der Waals surface area contributed by atoms with Crippen LogP contribution < -0.4 is 15.8 Å². The average Bonchev–Trinajstić information content (AvgIpc) is 2.69. The van der Waals surface area contributed by atoms with E-state index in [1.54, 1.807) is 17.8 Å². The van der Waals surface area contributed by atoms with Crippen molar-refractivity contribution in [3.8, 4) is 0 Å². The fourth-order valence-electron chi connectivity index (χ4n) is 2.73. The fourth-order valence-corrected chi connectivity index (χ4v) is 4.50. The van der Waals surface area contributed by atoms with Gasteiger partial charge in [0.2, 0.25) is 5.91 Å². The Hall–Kier alpha value is -2.43. The molecular formula is C20H25FN4O3S2. The number of nitrogens with two attached hydrogens (primary N) is 1. The lowest BCUT2D eigenvalue weighted by Crippen LogP contribution is -2.21. The molecule has 4 N–H and O–H groups in total. The normalized spacial score (nSPS) is 13.3. The summed E-state index contributed by atoms with van der Waals surface area (Å²) < 4.78 is 42.1. The summed E-state index contributed by atoms with van der Waals surface area (Å²) in [5, 5.41) is 2.55. The zero-order chi connectivity index (χ0) is 22.4. The van der Waals surface area contributed by atoms with Gasteiger partial charge >= 0.3 is 0 Å². The third kappa shape index (κ3) is 6.04. The fraction of sp³-hybridized carbons (Fsp3) is 0.300. The number of amides is 1. The first-order chi connectivity index (χ1) is 14.1. The molecule has 0 fully saturated rings. The van der Waals surface area contributed by atoms with Crippen molar-refractivity contribution in [1.29, 1.82) is 0 Å². The maximum atomic E-state index is 14.4. The number of aliphatic imine (C=N–C) groups is 1. The summed E-state index contributed by atoms with van der Waals surface area (Å²) in [7, 11) is -4.04. The molecule has 2 aromatic rings. The van der Waals surface area contributed by atoms with Gasteiger partial charge in [-0.05, 0) is 67.8 Å². The van der Waals surface area contributed by atoms with Crippen LogP contribution in [0.5, 0.6) is 0 Å². The van der Waals surface area contributed by atoms with Crippen LogP contribution in [0.15, 0.2) is 52.4 Å². The number of anilines is 2. The largest absolute Gasteiger partial charge is 0.326 e. The molecule has 0 aliphatic heterocycles. The Balaban J connectivity index is 2.29. The van der Waals surface area contributed by atoms with Crippen molar-refractivity contribution in [3.05, 3.63) is 53.8 Å². The van der Waals surface area contributed by atoms with Gasteiger partial charge in [0.25, 0.3) is 10.0 Å². The van der Waals surface area contributed by atoms with Crippen molar-refractivity contribution in [2.45, 2.75) is 30.7 Å². The van der Waals surface area contributed by atoms with Crippen molar-refractivity contribution < 1.29 is 17.6 Å². The molecule has 1 unspecified atom stereocenters. The van der Waals surface area contributed by atoms with E-state index in [0.29, 0.717) is 23.5 Å². The summed E-state index contributed by atoms with van der Waals surface area (Å²) >= 11 is 1.54. The zero-order valence-corrected chi connectivity index (χ0v) is 18.4. The molecule has 1 amide bonds. The van der Waals surface area contributed by atoms with Gasteiger partial charge in [-0.15, -0.1) is 11.8 Å². The lowest BCUT2D eigenvalue weighted by atomic mass is 9.90. The highest BCUT2D eigenvalue weighted by Crippen LogP contribution is 2.33. The van der Waals surface area contributed by atoms with Crippen molar-refractivity contribution in [2.75, 3.05) is 21.7 Å². The molecule has 0 spiro atoms. The smallest absolute Gasteiger partial charge is 0.261 e. The zero-order valence-electron chi connectivity index (χ0n) is 16.8. The van der Waals surface area contributed by atoms with Gasteiger partial charge in [0, 0.05) is 18.5 Å². The first-order valence-electron chi connectivity index (χ1n) is 9.07. The van der Waals surface area contributed by atoms with E-state index >= 15 is 0 Å². The monoisotopic (exact) mass is 452 g/mol. The van der Waals surface area contributed by atoms with Crippen LogP contribution in [0.25, 0.3) is 0 Å². The Labute approximate surface area is 180 Å². The predicted octanol–water partition coefficient (Wildman–Crippen LogP) is 3.54. The molecule has 0 aromatic heterocycles. The summed E-state index contributed by atoms with van der Waals surface area (Å²) in [6.45, 7) is 6.84. The van der Waals surface area contributed by atoms with Gasteiger partial charge in [0.15, 0.2) is 0 Å². The summed E-state index contributed by atoms with van der Waals surface area (Å²) in [5.74, 6) is 0.222. The van der Waals surface area contributed by atoms with Crippen LogP contribution in [-0.4, -0.2) is 32.7 Å². The highest BCUT2D eigenvalue weighted by Gasteiger charge is 2.26. The molecule has 2 rings (SSSR count). The van der Waals surface area contributed by atoms with Crippen LogP contribution in [0.2, 0.25) is 0 Å². The van der Waals surface area contributed by atoms with Crippen LogP contribution in [0.4, 0.5) is 15.8 Å². The average molecular weight is 453 g/mol. The highest BCUT2D eigenvalue weighted by atomic mass is 32.2. The SMILES string of the molecule is C=NC(C)(CCSCN)c1ccc(F)c(NS(=O)(=O)c2ccc(NC(C)=O)cc2)c1. The number of benzene rings is 2. The number of carbonyl (C=O) groups is 1. The van der Waals surface area contributed by atoms with E-state index in [2.05, 4.69) is 21.7 Å². The van der Waals surface area contributed by atoms with Gasteiger partial charge in [-0.3, -0.25) is 14.5 Å². The Kier molecular flexibility index (Phi) is 7.99. The standard InChI is InChI=1S/C20H25FN4O3S2/c1-14(26)24-16-5-7-17(8-6-16)30(27,28)25-19-12-15(4-9-18(19)21)20(2,23-3)10-11-29-13-22/h4-9,12,25H,3,10-11,13,22H2,1-2H3,(H,24,26). The van der Waals surface area contributed by atoms with E-state index in [0.717, 1.165) is 5.75 Å². The quantitative estimate of drug-likeness (QED) is 0.290. The molecule has 7 nitrogen and oxygen atoms in total. The van der Waals surface area contributed by atoms with Crippen LogP contribution in [0.3, 0.4) is 0 Å². The number of halogens is 1. The summed E-state index contributed by atoms with van der Waals surface area (Å²) in [6.07, 6.45) is 0.612. The van der Waals surface area contributed by atoms with E-state index in [1.165, 1.54) is 43.3 Å². The summed E-state index contributed by atoms with van der Waals surface area (Å²) in [5.41, 5.74) is 5.71. The van der Waals surface area contributed by atoms with E-state index < -0.39 is 21.4 Å². The van der Waals surface area contributed by atoms with Gasteiger partial charge in [-0.1, -0.05) is 6.07 Å². The molecule has 2 aromatic carbocycles. The highest BCUT2D eigenvalue weighted by molar-refractivity contribution is 7.99. The Morgan fingerprint density at radius 3 is 2.50 bits per heavy atom. The van der Waals surface area contributed by atoms with Gasteiger partial charge in [0.1, 0.15) is 5.82 Å². The predicted molar refractivity (Wildman–Crippen MR) is 121 cm³/mol. The Morgan fingerprint density at radius 2 is 1.93 bits per heavy atom. The number of nitrogens with one attached hydrogen (secondary N) is 2. The van der Waals surface area contributed by atoms with E-state index in [4.69, 9.17) is 5.73 Å². The van der Waals surface area contributed by atoms with Gasteiger partial charge in [-0.2, -0.15) is 0 Å². The molecular weight excluding hydrogens is 427 g/mol. The summed E-state index contributed by atoms with van der Waals surface area (Å²) in [4.78, 5) is 15.2. The number of nitrogens with zero attached hydrogens (tertiary/aromatic N) is 1. The lowest BCUT2D eigenvalue weighted by molar-refractivity contribution is -0.114. The van der Waals surface area contributed by atoms with Crippen LogP contribution in [-0.2, 0) is 20.4 Å². The van der Waals surface area contributed by atoms with Crippen molar-refractivity contribution >= 4 is 45.8 Å². The lowest BCUT2D eigenvalue weighted by Gasteiger charge is -2.26.